The summed E-state index contributed by atoms with van der Waals surface area (Å²) in [6.45, 7) is -2.76. The van der Waals surface area contributed by atoms with Gasteiger partial charge in [0.1, 0.15) is 5.82 Å². The monoisotopic (exact) mass is 434 g/mol. The van der Waals surface area contributed by atoms with E-state index in [0.717, 1.165) is 10.2 Å². The second-order valence-electron chi connectivity index (χ2n) is 7.51. The molecular weight excluding hydrogens is 404 g/mol. The Labute approximate surface area is 194 Å². The molecule has 4 heterocycles. The lowest BCUT2D eigenvalue weighted by atomic mass is 10.1. The van der Waals surface area contributed by atoms with Gasteiger partial charge in [0.05, 0.1) is 11.7 Å². The molecule has 0 aliphatic carbocycles. The number of pyridine rings is 1. The van der Waals surface area contributed by atoms with Crippen LogP contribution in [0.3, 0.4) is 0 Å². The first-order chi connectivity index (χ1) is 18.0. The van der Waals surface area contributed by atoms with Crippen molar-refractivity contribution in [1.29, 1.82) is 0 Å². The van der Waals surface area contributed by atoms with Gasteiger partial charge in [-0.2, -0.15) is 5.10 Å². The number of hydrogen-bond donors (Lipinski definition) is 1. The minimum absolute atomic E-state index is 0.252. The average Bonchev–Trinajstić information content (AvgIpc) is 3.39. The number of piperazine rings is 1. The van der Waals surface area contributed by atoms with Crippen LogP contribution in [0.4, 0.5) is 11.6 Å². The minimum atomic E-state index is -2.36. The normalized spacial score (nSPS) is 18.2. The summed E-state index contributed by atoms with van der Waals surface area (Å²) in [5, 5.41) is 15.7. The molecule has 1 aromatic carbocycles. The van der Waals surface area contributed by atoms with Crippen molar-refractivity contribution in [2.45, 2.75) is 0 Å². The fourth-order valence-corrected chi connectivity index (χ4v) is 3.61. The lowest BCUT2D eigenvalue weighted by Gasteiger charge is -2.33. The summed E-state index contributed by atoms with van der Waals surface area (Å²) in [5.41, 5.74) is 2.36. The summed E-state index contributed by atoms with van der Waals surface area (Å²) in [7, 11) is 0. The van der Waals surface area contributed by atoms with Gasteiger partial charge in [0, 0.05) is 70.3 Å². The lowest BCUT2D eigenvalue weighted by molar-refractivity contribution is 0.102. The number of amides is 1. The van der Waals surface area contributed by atoms with E-state index in [-0.39, 0.29) is 5.82 Å². The van der Waals surface area contributed by atoms with E-state index in [1.165, 1.54) is 23.5 Å². The molecule has 0 saturated carbocycles. The number of carbonyl (C=O) groups excluding carboxylic acids is 1. The summed E-state index contributed by atoms with van der Waals surface area (Å²) in [6.07, 6.45) is 4.47. The van der Waals surface area contributed by atoms with Crippen molar-refractivity contribution in [3.63, 3.8) is 0 Å². The predicted molar refractivity (Wildman–Crippen MR) is 124 cm³/mol. The van der Waals surface area contributed by atoms with Gasteiger partial charge in [-0.25, -0.2) is 4.98 Å². The number of likely N-dealkylation sites (N-methyl/N-ethyl adjacent to an activating group) is 1. The Hall–Kier alpha value is -3.85. The zero-order valence-electron chi connectivity index (χ0n) is 23.1. The number of aromatic nitrogens is 5. The smallest absolute Gasteiger partial charge is 0.257 e. The summed E-state index contributed by atoms with van der Waals surface area (Å²) < 4.78 is 46.1. The van der Waals surface area contributed by atoms with E-state index in [4.69, 9.17) is 8.22 Å². The molecule has 0 atom stereocenters. The highest BCUT2D eigenvalue weighted by Gasteiger charge is 2.17. The highest BCUT2D eigenvalue weighted by molar-refractivity contribution is 6.04. The molecule has 0 spiro atoms. The summed E-state index contributed by atoms with van der Waals surface area (Å²) in [5.74, 6) is 0.454. The zero-order chi connectivity index (χ0) is 27.1. The summed E-state index contributed by atoms with van der Waals surface area (Å²) in [4.78, 5) is 20.7. The number of hydrogen-bond acceptors (Lipinski definition) is 7. The van der Waals surface area contributed by atoms with Crippen LogP contribution >= 0.6 is 0 Å². The van der Waals surface area contributed by atoms with Crippen molar-refractivity contribution in [2.75, 3.05) is 43.4 Å². The number of carbonyl (C=O) groups is 1. The molecule has 1 amide bonds. The molecule has 4 aromatic rings. The third kappa shape index (κ3) is 4.15. The van der Waals surface area contributed by atoms with Crippen LogP contribution in [0.5, 0.6) is 0 Å². The molecule has 1 aliphatic heterocycles. The van der Waals surface area contributed by atoms with E-state index in [1.807, 2.05) is 11.0 Å². The largest absolute Gasteiger partial charge is 0.354 e. The molecule has 0 bridgehead atoms. The molecular formula is C23H24N8O. The Bertz CT molecular complexity index is 1480. The molecule has 9 heteroatoms. The van der Waals surface area contributed by atoms with Crippen molar-refractivity contribution >= 4 is 28.4 Å². The van der Waals surface area contributed by atoms with Crippen LogP contribution in [-0.4, -0.2) is 68.9 Å². The molecule has 5 rings (SSSR count). The van der Waals surface area contributed by atoms with Crippen LogP contribution in [0, 0.1) is 0 Å². The van der Waals surface area contributed by atoms with Gasteiger partial charge in [-0.1, -0.05) is 6.07 Å². The van der Waals surface area contributed by atoms with Gasteiger partial charge in [0.2, 0.25) is 0 Å². The second kappa shape index (κ2) is 8.35. The van der Waals surface area contributed by atoms with Gasteiger partial charge in [-0.15, -0.1) is 10.2 Å². The van der Waals surface area contributed by atoms with Gasteiger partial charge in [-0.05, 0) is 42.9 Å². The van der Waals surface area contributed by atoms with Crippen molar-refractivity contribution in [2.24, 2.45) is 6.98 Å². The van der Waals surface area contributed by atoms with Crippen molar-refractivity contribution < 1.29 is 13.0 Å². The molecule has 3 aromatic heterocycles. The van der Waals surface area contributed by atoms with Crippen molar-refractivity contribution in [3.8, 4) is 11.1 Å². The van der Waals surface area contributed by atoms with Crippen LogP contribution in [0.15, 0.2) is 55.0 Å². The van der Waals surface area contributed by atoms with Crippen molar-refractivity contribution in [1.82, 2.24) is 29.9 Å². The highest BCUT2D eigenvalue weighted by Crippen LogP contribution is 2.24. The van der Waals surface area contributed by atoms with Crippen LogP contribution in [0.2, 0.25) is 0 Å². The van der Waals surface area contributed by atoms with E-state index in [2.05, 4.69) is 25.6 Å². The zero-order valence-corrected chi connectivity index (χ0v) is 17.1. The predicted octanol–water partition coefficient (Wildman–Crippen LogP) is 2.43. The number of rotatable bonds is 4. The maximum atomic E-state index is 13.0. The third-order valence-electron chi connectivity index (χ3n) is 5.35. The first kappa shape index (κ1) is 14.3. The maximum Gasteiger partial charge on any atom is 0.257 e. The molecule has 1 aliphatic rings. The van der Waals surface area contributed by atoms with Crippen LogP contribution in [0.1, 0.15) is 18.6 Å². The Balaban J connectivity index is 1.31. The number of aryl methyl sites for hydroxylation is 1. The second-order valence-corrected chi connectivity index (χ2v) is 7.51. The number of nitrogens with one attached hydrogen (secondary N) is 1. The topological polar surface area (TPSA) is 92.1 Å². The van der Waals surface area contributed by atoms with Gasteiger partial charge in [-0.3, -0.25) is 9.48 Å². The molecule has 0 unspecified atom stereocenters. The summed E-state index contributed by atoms with van der Waals surface area (Å²) in [6, 6.07) is 10.3. The summed E-state index contributed by atoms with van der Waals surface area (Å²) >= 11 is 0. The Morgan fingerprint density at radius 2 is 1.94 bits per heavy atom. The van der Waals surface area contributed by atoms with Crippen molar-refractivity contribution in [3.05, 3.63) is 60.6 Å². The van der Waals surface area contributed by atoms with Gasteiger partial charge >= 0.3 is 0 Å². The standard InChI is InChI=1S/C23H24N8O/c1-29-7-9-31(10-8-29)22-13-17(5-6-24-22)23(32)26-21-12-18-11-16(3-4-20(18)27-28-21)19-14-25-30(2)15-19/h3-6,11-15H,7-10H2,1-2H3,(H,26,28,32)/i1D3,2D3. The van der Waals surface area contributed by atoms with E-state index >= 15 is 0 Å². The molecule has 9 nitrogen and oxygen atoms in total. The average molecular weight is 435 g/mol. The maximum absolute atomic E-state index is 13.0. The first-order valence-corrected chi connectivity index (χ1v) is 10.1. The fraction of sp³-hybridized carbons (Fsp3) is 0.261. The van der Waals surface area contributed by atoms with E-state index < -0.39 is 19.9 Å². The lowest BCUT2D eigenvalue weighted by Crippen LogP contribution is -2.44. The number of benzene rings is 1. The Kier molecular flexibility index (Phi) is 3.72. The minimum Gasteiger partial charge on any atom is -0.354 e. The molecule has 32 heavy (non-hydrogen) atoms. The molecule has 1 saturated heterocycles. The number of nitrogens with zero attached hydrogens (tertiary/aromatic N) is 7. The Morgan fingerprint density at radius 1 is 1.03 bits per heavy atom. The van der Waals surface area contributed by atoms with Gasteiger partial charge < -0.3 is 15.1 Å². The number of fused-ring (bicyclic) bond motifs is 1. The van der Waals surface area contributed by atoms with Crippen LogP contribution < -0.4 is 10.2 Å². The number of anilines is 2. The molecule has 1 N–H and O–H groups in total. The fourth-order valence-electron chi connectivity index (χ4n) is 3.61. The SMILES string of the molecule is [2H]C([2H])([2H])N1CCN(c2cc(C(=O)Nc3cc4cc(-c5cnn(C([2H])([2H])[2H])c5)ccc4nn3)ccn2)CC1. The Morgan fingerprint density at radius 3 is 2.75 bits per heavy atom. The van der Waals surface area contributed by atoms with Gasteiger partial charge in [0.15, 0.2) is 5.82 Å². The highest BCUT2D eigenvalue weighted by atomic mass is 16.1. The van der Waals surface area contributed by atoms with Crippen LogP contribution in [0.25, 0.3) is 22.0 Å². The molecule has 162 valence electrons. The first-order valence-electron chi connectivity index (χ1n) is 13.1. The third-order valence-corrected chi connectivity index (χ3v) is 5.35. The molecule has 0 radical (unpaired) electrons. The quantitative estimate of drug-likeness (QED) is 0.527. The van der Waals surface area contributed by atoms with E-state index in [1.54, 1.807) is 30.3 Å². The van der Waals surface area contributed by atoms with Gasteiger partial charge in [0.25, 0.3) is 5.91 Å². The van der Waals surface area contributed by atoms with E-state index in [9.17, 15) is 4.79 Å². The van der Waals surface area contributed by atoms with Crippen LogP contribution in [-0.2, 0) is 6.98 Å². The van der Waals surface area contributed by atoms with E-state index in [0.29, 0.717) is 54.0 Å². The molecule has 1 fully saturated rings.